The van der Waals surface area contributed by atoms with Crippen LogP contribution in [0.15, 0.2) is 42.5 Å². The van der Waals surface area contributed by atoms with Gasteiger partial charge < -0.3 is 10.1 Å². The maximum atomic E-state index is 12.8. The molecule has 2 nitrogen and oxygen atoms in total. The molecule has 0 fully saturated rings. The Morgan fingerprint density at radius 1 is 1.15 bits per heavy atom. The lowest BCUT2D eigenvalue weighted by Gasteiger charge is -2.13. The molecular weight excluding hydrogens is 277 g/mol. The van der Waals surface area contributed by atoms with E-state index in [0.717, 1.165) is 23.4 Å². The molecule has 0 saturated carbocycles. The van der Waals surface area contributed by atoms with Gasteiger partial charge in [-0.05, 0) is 42.3 Å². The minimum Gasteiger partial charge on any atom is -0.491 e. The third-order valence-electron chi connectivity index (χ3n) is 2.80. The fourth-order valence-electron chi connectivity index (χ4n) is 1.78. The molecule has 2 aromatic rings. The van der Waals surface area contributed by atoms with E-state index in [-0.39, 0.29) is 5.82 Å². The fraction of sp³-hybridized carbons (Fsp3) is 0.250. The lowest BCUT2D eigenvalue weighted by molar-refractivity contribution is 0.319. The topological polar surface area (TPSA) is 21.3 Å². The average molecular weight is 294 g/mol. The zero-order chi connectivity index (χ0) is 14.4. The van der Waals surface area contributed by atoms with Gasteiger partial charge in [-0.25, -0.2) is 4.39 Å². The van der Waals surface area contributed by atoms with Gasteiger partial charge in [0.05, 0.1) is 12.3 Å². The van der Waals surface area contributed by atoms with E-state index >= 15 is 0 Å². The Hall–Kier alpha value is -1.74. The molecule has 0 saturated heterocycles. The number of halogens is 2. The van der Waals surface area contributed by atoms with Gasteiger partial charge in [-0.15, -0.1) is 0 Å². The number of hydrogen-bond acceptors (Lipinski definition) is 2. The van der Waals surface area contributed by atoms with Crippen molar-refractivity contribution in [3.05, 3.63) is 58.9 Å². The lowest BCUT2D eigenvalue weighted by Crippen LogP contribution is -2.03. The molecular formula is C16H17ClFNO. The molecule has 0 aliphatic rings. The van der Waals surface area contributed by atoms with Crippen molar-refractivity contribution in [3.63, 3.8) is 0 Å². The molecule has 0 heterocycles. The molecule has 0 aromatic heterocycles. The fourth-order valence-corrected chi connectivity index (χ4v) is 1.95. The van der Waals surface area contributed by atoms with E-state index in [1.165, 1.54) is 12.1 Å². The SMILES string of the molecule is CCCOc1ccc(Cl)cc1NCc1ccc(F)cc1. The van der Waals surface area contributed by atoms with Crippen LogP contribution >= 0.6 is 11.6 Å². The largest absolute Gasteiger partial charge is 0.491 e. The summed E-state index contributed by atoms with van der Waals surface area (Å²) < 4.78 is 18.5. The standard InChI is InChI=1S/C16H17ClFNO/c1-2-9-20-16-8-5-13(17)10-15(16)19-11-12-3-6-14(18)7-4-12/h3-8,10,19H,2,9,11H2,1H3. The van der Waals surface area contributed by atoms with Crippen LogP contribution in [0.1, 0.15) is 18.9 Å². The molecule has 2 aromatic carbocycles. The zero-order valence-electron chi connectivity index (χ0n) is 11.3. The van der Waals surface area contributed by atoms with Gasteiger partial charge in [0, 0.05) is 11.6 Å². The van der Waals surface area contributed by atoms with Crippen molar-refractivity contribution in [2.24, 2.45) is 0 Å². The van der Waals surface area contributed by atoms with E-state index in [1.54, 1.807) is 18.2 Å². The van der Waals surface area contributed by atoms with E-state index in [9.17, 15) is 4.39 Å². The summed E-state index contributed by atoms with van der Waals surface area (Å²) in [5.74, 6) is 0.543. The Morgan fingerprint density at radius 2 is 1.90 bits per heavy atom. The summed E-state index contributed by atoms with van der Waals surface area (Å²) >= 11 is 6.01. The van der Waals surface area contributed by atoms with Crippen molar-refractivity contribution in [1.29, 1.82) is 0 Å². The zero-order valence-corrected chi connectivity index (χ0v) is 12.1. The Bertz CT molecular complexity index is 557. The van der Waals surface area contributed by atoms with Crippen molar-refractivity contribution >= 4 is 17.3 Å². The normalized spacial score (nSPS) is 10.3. The Kier molecular flexibility index (Phi) is 5.24. The van der Waals surface area contributed by atoms with Gasteiger partial charge >= 0.3 is 0 Å². The van der Waals surface area contributed by atoms with Gasteiger partial charge in [-0.1, -0.05) is 30.7 Å². The number of rotatable bonds is 6. The van der Waals surface area contributed by atoms with Crippen molar-refractivity contribution in [3.8, 4) is 5.75 Å². The van der Waals surface area contributed by atoms with Crippen LogP contribution < -0.4 is 10.1 Å². The van der Waals surface area contributed by atoms with Gasteiger partial charge in [0.2, 0.25) is 0 Å². The molecule has 0 spiro atoms. The molecule has 0 aliphatic carbocycles. The number of ether oxygens (including phenoxy) is 1. The maximum Gasteiger partial charge on any atom is 0.142 e. The molecule has 20 heavy (non-hydrogen) atoms. The van der Waals surface area contributed by atoms with Crippen LogP contribution in [0.3, 0.4) is 0 Å². The van der Waals surface area contributed by atoms with Crippen LogP contribution in [0.2, 0.25) is 5.02 Å². The number of anilines is 1. The maximum absolute atomic E-state index is 12.8. The summed E-state index contributed by atoms with van der Waals surface area (Å²) in [7, 11) is 0. The van der Waals surface area contributed by atoms with Crippen LogP contribution in [0.5, 0.6) is 5.75 Å². The second-order valence-electron chi connectivity index (χ2n) is 4.47. The molecule has 4 heteroatoms. The summed E-state index contributed by atoms with van der Waals surface area (Å²) in [4.78, 5) is 0. The quantitative estimate of drug-likeness (QED) is 0.819. The highest BCUT2D eigenvalue weighted by Gasteiger charge is 2.04. The molecule has 0 radical (unpaired) electrons. The Labute approximate surface area is 123 Å². The molecule has 0 unspecified atom stereocenters. The molecule has 106 valence electrons. The summed E-state index contributed by atoms with van der Waals surface area (Å²) in [5, 5.41) is 3.92. The van der Waals surface area contributed by atoms with Crippen molar-refractivity contribution in [2.45, 2.75) is 19.9 Å². The van der Waals surface area contributed by atoms with Crippen LogP contribution in [0.4, 0.5) is 10.1 Å². The first-order valence-corrected chi connectivity index (χ1v) is 6.97. The molecule has 0 aliphatic heterocycles. The highest BCUT2D eigenvalue weighted by atomic mass is 35.5. The molecule has 0 bridgehead atoms. The second kappa shape index (κ2) is 7.15. The van der Waals surface area contributed by atoms with Gasteiger partial charge in [-0.3, -0.25) is 0 Å². The minimum atomic E-state index is -0.233. The van der Waals surface area contributed by atoms with Crippen LogP contribution in [-0.2, 0) is 6.54 Å². The van der Waals surface area contributed by atoms with Crippen LogP contribution in [0.25, 0.3) is 0 Å². The summed E-state index contributed by atoms with van der Waals surface area (Å²) in [6, 6.07) is 11.9. The second-order valence-corrected chi connectivity index (χ2v) is 4.91. The monoisotopic (exact) mass is 293 g/mol. The lowest BCUT2D eigenvalue weighted by atomic mass is 10.2. The molecule has 0 amide bonds. The van der Waals surface area contributed by atoms with Crippen LogP contribution in [-0.4, -0.2) is 6.61 Å². The van der Waals surface area contributed by atoms with Crippen molar-refractivity contribution in [2.75, 3.05) is 11.9 Å². The highest BCUT2D eigenvalue weighted by molar-refractivity contribution is 6.30. The Morgan fingerprint density at radius 3 is 2.60 bits per heavy atom. The number of hydrogen-bond donors (Lipinski definition) is 1. The van der Waals surface area contributed by atoms with Gasteiger partial charge in [-0.2, -0.15) is 0 Å². The summed E-state index contributed by atoms with van der Waals surface area (Å²) in [6.07, 6.45) is 0.944. The minimum absolute atomic E-state index is 0.233. The molecule has 1 N–H and O–H groups in total. The third-order valence-corrected chi connectivity index (χ3v) is 3.03. The number of nitrogens with one attached hydrogen (secondary N) is 1. The smallest absolute Gasteiger partial charge is 0.142 e. The van der Waals surface area contributed by atoms with E-state index in [0.29, 0.717) is 18.2 Å². The van der Waals surface area contributed by atoms with Crippen molar-refractivity contribution in [1.82, 2.24) is 0 Å². The van der Waals surface area contributed by atoms with E-state index in [1.807, 2.05) is 12.1 Å². The highest BCUT2D eigenvalue weighted by Crippen LogP contribution is 2.28. The van der Waals surface area contributed by atoms with Crippen molar-refractivity contribution < 1.29 is 9.13 Å². The van der Waals surface area contributed by atoms with Gasteiger partial charge in [0.1, 0.15) is 11.6 Å². The predicted molar refractivity (Wildman–Crippen MR) is 81.0 cm³/mol. The Balaban J connectivity index is 2.07. The van der Waals surface area contributed by atoms with Crippen LogP contribution in [0, 0.1) is 5.82 Å². The van der Waals surface area contributed by atoms with E-state index in [4.69, 9.17) is 16.3 Å². The van der Waals surface area contributed by atoms with E-state index < -0.39 is 0 Å². The third kappa shape index (κ3) is 4.14. The summed E-state index contributed by atoms with van der Waals surface area (Å²) in [6.45, 7) is 3.30. The first kappa shape index (κ1) is 14.7. The molecule has 2 rings (SSSR count). The predicted octanol–water partition coefficient (Wildman–Crippen LogP) is 4.88. The van der Waals surface area contributed by atoms with Gasteiger partial charge in [0.15, 0.2) is 0 Å². The molecule has 0 atom stereocenters. The first-order chi connectivity index (χ1) is 9.69. The van der Waals surface area contributed by atoms with Gasteiger partial charge in [0.25, 0.3) is 0 Å². The summed E-state index contributed by atoms with van der Waals surface area (Å²) in [5.41, 5.74) is 1.84. The number of benzene rings is 2. The first-order valence-electron chi connectivity index (χ1n) is 6.59. The van der Waals surface area contributed by atoms with E-state index in [2.05, 4.69) is 12.2 Å². The average Bonchev–Trinajstić information content (AvgIpc) is 2.46.